The third kappa shape index (κ3) is 1.28. The highest BCUT2D eigenvalue weighted by Gasteiger charge is 1.85. The Labute approximate surface area is 51.9 Å². The van der Waals surface area contributed by atoms with Crippen molar-refractivity contribution in [1.82, 2.24) is 10.2 Å². The van der Waals surface area contributed by atoms with E-state index in [1.54, 1.807) is 13.2 Å². The van der Waals surface area contributed by atoms with E-state index < -0.39 is 0 Å². The van der Waals surface area contributed by atoms with Gasteiger partial charge >= 0.3 is 0 Å². The Hall–Kier alpha value is -1.32. The van der Waals surface area contributed by atoms with Gasteiger partial charge in [0.2, 0.25) is 0 Å². The fourth-order valence-corrected chi connectivity index (χ4v) is 0.513. The number of H-pyrrole nitrogens is 1. The van der Waals surface area contributed by atoms with Crippen LogP contribution in [0.4, 0.5) is 5.69 Å². The predicted octanol–water partition coefficient (Wildman–Crippen LogP) is -0.188. The van der Waals surface area contributed by atoms with Crippen molar-refractivity contribution in [2.45, 2.75) is 0 Å². The van der Waals surface area contributed by atoms with Crippen LogP contribution in [0.25, 0.3) is 0 Å². The van der Waals surface area contributed by atoms with Gasteiger partial charge in [0.25, 0.3) is 5.56 Å². The van der Waals surface area contributed by atoms with Crippen molar-refractivity contribution in [3.8, 4) is 0 Å². The van der Waals surface area contributed by atoms with Crippen molar-refractivity contribution in [1.29, 1.82) is 0 Å². The van der Waals surface area contributed by atoms with Crippen LogP contribution < -0.4 is 10.9 Å². The van der Waals surface area contributed by atoms with Crippen molar-refractivity contribution in [3.63, 3.8) is 0 Å². The minimum absolute atomic E-state index is 0.193. The van der Waals surface area contributed by atoms with Crippen LogP contribution in [-0.4, -0.2) is 17.2 Å². The van der Waals surface area contributed by atoms with Crippen LogP contribution in [-0.2, 0) is 0 Å². The van der Waals surface area contributed by atoms with Gasteiger partial charge in [0.15, 0.2) is 0 Å². The first-order valence-electron chi connectivity index (χ1n) is 2.55. The van der Waals surface area contributed by atoms with Crippen LogP contribution in [0.2, 0.25) is 0 Å². The van der Waals surface area contributed by atoms with Gasteiger partial charge in [-0.25, -0.2) is 5.10 Å². The Kier molecular flexibility index (Phi) is 1.48. The molecule has 48 valence electrons. The number of nitrogens with one attached hydrogen (secondary N) is 2. The standard InChI is InChI=1S/C5H7N3O/c1-6-4-2-5(9)8-7-3-4/h2-3H,1H3,(H2,6,8,9). The molecule has 0 amide bonds. The Balaban J connectivity index is 3.08. The van der Waals surface area contributed by atoms with E-state index in [0.717, 1.165) is 5.69 Å². The molecule has 4 nitrogen and oxygen atoms in total. The number of aromatic nitrogens is 2. The van der Waals surface area contributed by atoms with E-state index in [-0.39, 0.29) is 5.56 Å². The van der Waals surface area contributed by atoms with Gasteiger partial charge in [-0.3, -0.25) is 4.79 Å². The number of nitrogens with zero attached hydrogens (tertiary/aromatic N) is 1. The molecule has 0 radical (unpaired) electrons. The lowest BCUT2D eigenvalue weighted by atomic mass is 10.5. The Morgan fingerprint density at radius 1 is 1.78 bits per heavy atom. The van der Waals surface area contributed by atoms with Crippen LogP contribution in [0, 0.1) is 0 Å². The van der Waals surface area contributed by atoms with Crippen LogP contribution in [0.3, 0.4) is 0 Å². The van der Waals surface area contributed by atoms with Gasteiger partial charge < -0.3 is 5.32 Å². The smallest absolute Gasteiger partial charge is 0.266 e. The summed E-state index contributed by atoms with van der Waals surface area (Å²) in [5.74, 6) is 0. The van der Waals surface area contributed by atoms with E-state index in [1.165, 1.54) is 6.07 Å². The van der Waals surface area contributed by atoms with E-state index in [4.69, 9.17) is 0 Å². The van der Waals surface area contributed by atoms with Crippen molar-refractivity contribution in [2.24, 2.45) is 0 Å². The maximum Gasteiger partial charge on any atom is 0.266 e. The molecule has 1 aromatic heterocycles. The molecule has 1 aromatic rings. The molecule has 1 rings (SSSR count). The first kappa shape index (κ1) is 5.81. The molecule has 9 heavy (non-hydrogen) atoms. The lowest BCUT2D eigenvalue weighted by Crippen LogP contribution is -2.06. The van der Waals surface area contributed by atoms with Crippen LogP contribution in [0.15, 0.2) is 17.1 Å². The highest BCUT2D eigenvalue weighted by atomic mass is 16.1. The summed E-state index contributed by atoms with van der Waals surface area (Å²) in [7, 11) is 1.73. The molecule has 0 aromatic carbocycles. The minimum atomic E-state index is -0.193. The van der Waals surface area contributed by atoms with Crippen LogP contribution in [0.1, 0.15) is 0 Å². The van der Waals surface area contributed by atoms with Crippen LogP contribution in [0.5, 0.6) is 0 Å². The molecule has 0 aliphatic carbocycles. The Morgan fingerprint density at radius 2 is 2.56 bits per heavy atom. The Bertz CT molecular complexity index is 242. The topological polar surface area (TPSA) is 57.8 Å². The molecule has 0 atom stereocenters. The summed E-state index contributed by atoms with van der Waals surface area (Å²) in [6, 6.07) is 1.44. The van der Waals surface area contributed by atoms with E-state index in [0.29, 0.717) is 0 Å². The fourth-order valence-electron chi connectivity index (χ4n) is 0.513. The molecule has 0 aliphatic rings. The number of hydrogen-bond acceptors (Lipinski definition) is 3. The average molecular weight is 125 g/mol. The first-order valence-corrected chi connectivity index (χ1v) is 2.55. The number of hydrogen-bond donors (Lipinski definition) is 2. The molecule has 0 spiro atoms. The molecule has 0 unspecified atom stereocenters. The zero-order valence-corrected chi connectivity index (χ0v) is 5.01. The molecule has 0 saturated carbocycles. The Morgan fingerprint density at radius 3 is 3.00 bits per heavy atom. The van der Waals surface area contributed by atoms with Gasteiger partial charge in [-0.2, -0.15) is 5.10 Å². The summed E-state index contributed by atoms with van der Waals surface area (Å²) in [5.41, 5.74) is 0.528. The third-order valence-corrected chi connectivity index (χ3v) is 0.954. The van der Waals surface area contributed by atoms with E-state index in [2.05, 4.69) is 15.5 Å². The van der Waals surface area contributed by atoms with Gasteiger partial charge in [-0.1, -0.05) is 0 Å². The van der Waals surface area contributed by atoms with Crippen molar-refractivity contribution in [3.05, 3.63) is 22.6 Å². The van der Waals surface area contributed by atoms with Crippen LogP contribution >= 0.6 is 0 Å². The fraction of sp³-hybridized carbons (Fsp3) is 0.200. The number of rotatable bonds is 1. The number of anilines is 1. The quantitative estimate of drug-likeness (QED) is 0.547. The van der Waals surface area contributed by atoms with E-state index in [9.17, 15) is 4.79 Å². The second-order valence-corrected chi connectivity index (χ2v) is 1.58. The molecule has 0 bridgehead atoms. The average Bonchev–Trinajstić information content (AvgIpc) is 1.88. The highest BCUT2D eigenvalue weighted by molar-refractivity contribution is 5.37. The molecular formula is C5H7N3O. The van der Waals surface area contributed by atoms with Gasteiger partial charge in [0.05, 0.1) is 11.9 Å². The lowest BCUT2D eigenvalue weighted by molar-refractivity contribution is 0.989. The normalized spacial score (nSPS) is 9.00. The molecular weight excluding hydrogens is 118 g/mol. The zero-order chi connectivity index (χ0) is 6.69. The summed E-state index contributed by atoms with van der Waals surface area (Å²) < 4.78 is 0. The molecule has 0 aliphatic heterocycles. The monoisotopic (exact) mass is 125 g/mol. The molecule has 2 N–H and O–H groups in total. The molecule has 4 heteroatoms. The SMILES string of the molecule is CNc1cn[nH]c(=O)c1. The van der Waals surface area contributed by atoms with Gasteiger partial charge in [0.1, 0.15) is 0 Å². The maximum atomic E-state index is 10.5. The zero-order valence-electron chi connectivity index (χ0n) is 5.01. The van der Waals surface area contributed by atoms with Gasteiger partial charge in [-0.05, 0) is 0 Å². The van der Waals surface area contributed by atoms with Crippen molar-refractivity contribution >= 4 is 5.69 Å². The summed E-state index contributed by atoms with van der Waals surface area (Å²) in [4.78, 5) is 10.5. The predicted molar refractivity (Wildman–Crippen MR) is 34.4 cm³/mol. The first-order chi connectivity index (χ1) is 4.33. The summed E-state index contributed by atoms with van der Waals surface area (Å²) >= 11 is 0. The molecule has 0 fully saturated rings. The van der Waals surface area contributed by atoms with E-state index >= 15 is 0 Å². The second-order valence-electron chi connectivity index (χ2n) is 1.58. The van der Waals surface area contributed by atoms with E-state index in [1.807, 2.05) is 0 Å². The highest BCUT2D eigenvalue weighted by Crippen LogP contribution is 1.93. The van der Waals surface area contributed by atoms with Gasteiger partial charge in [-0.15, -0.1) is 0 Å². The summed E-state index contributed by atoms with van der Waals surface area (Å²) in [6.07, 6.45) is 1.54. The summed E-state index contributed by atoms with van der Waals surface area (Å²) in [6.45, 7) is 0. The molecule has 0 saturated heterocycles. The van der Waals surface area contributed by atoms with Crippen molar-refractivity contribution < 1.29 is 0 Å². The number of aromatic amines is 1. The summed E-state index contributed by atoms with van der Waals surface area (Å²) in [5, 5.41) is 8.60. The third-order valence-electron chi connectivity index (χ3n) is 0.954. The maximum absolute atomic E-state index is 10.5. The lowest BCUT2D eigenvalue weighted by Gasteiger charge is -1.92. The molecule has 1 heterocycles. The second kappa shape index (κ2) is 2.30. The van der Waals surface area contributed by atoms with Gasteiger partial charge in [0, 0.05) is 13.1 Å². The van der Waals surface area contributed by atoms with Crippen molar-refractivity contribution in [2.75, 3.05) is 12.4 Å². The minimum Gasteiger partial charge on any atom is -0.387 e. The largest absolute Gasteiger partial charge is 0.387 e.